The second-order valence-corrected chi connectivity index (χ2v) is 8.58. The summed E-state index contributed by atoms with van der Waals surface area (Å²) in [6.07, 6.45) is 0. The van der Waals surface area contributed by atoms with Gasteiger partial charge in [0.2, 0.25) is 15.9 Å². The molecule has 0 unspecified atom stereocenters. The third-order valence-corrected chi connectivity index (χ3v) is 6.01. The molecule has 0 bridgehead atoms. The Hall–Kier alpha value is -2.28. The van der Waals surface area contributed by atoms with E-state index in [2.05, 4.69) is 10.3 Å². The van der Waals surface area contributed by atoms with Gasteiger partial charge >= 0.3 is 0 Å². The summed E-state index contributed by atoms with van der Waals surface area (Å²) in [7, 11) is -2.49. The summed E-state index contributed by atoms with van der Waals surface area (Å²) < 4.78 is 25.9. The predicted molar refractivity (Wildman–Crippen MR) is 95.8 cm³/mol. The van der Waals surface area contributed by atoms with E-state index in [4.69, 9.17) is 5.26 Å². The molecule has 0 aliphatic heterocycles. The van der Waals surface area contributed by atoms with E-state index >= 15 is 0 Å². The fourth-order valence-corrected chi connectivity index (χ4v) is 3.95. The molecule has 7 nitrogen and oxygen atoms in total. The number of amides is 1. The minimum absolute atomic E-state index is 0.0261. The largest absolute Gasteiger partial charge is 0.301 e. The zero-order valence-electron chi connectivity index (χ0n) is 14.1. The van der Waals surface area contributed by atoms with Crippen LogP contribution in [0.5, 0.6) is 0 Å². The number of anilines is 1. The number of hydrogen-bond acceptors (Lipinski definition) is 6. The van der Waals surface area contributed by atoms with Crippen molar-refractivity contribution >= 4 is 32.4 Å². The van der Waals surface area contributed by atoms with Crippen LogP contribution in [0.1, 0.15) is 31.0 Å². The van der Waals surface area contributed by atoms with Crippen molar-refractivity contribution in [3.63, 3.8) is 0 Å². The van der Waals surface area contributed by atoms with Crippen molar-refractivity contribution in [3.05, 3.63) is 40.9 Å². The maximum absolute atomic E-state index is 12.5. The van der Waals surface area contributed by atoms with Gasteiger partial charge in [-0.05, 0) is 30.2 Å². The Morgan fingerprint density at radius 1 is 1.36 bits per heavy atom. The summed E-state index contributed by atoms with van der Waals surface area (Å²) >= 11 is 1.30. The lowest BCUT2D eigenvalue weighted by Crippen LogP contribution is -2.34. The first kappa shape index (κ1) is 19.1. The molecule has 0 spiro atoms. The molecule has 0 aliphatic carbocycles. The average molecular weight is 378 g/mol. The molecule has 0 fully saturated rings. The van der Waals surface area contributed by atoms with Gasteiger partial charge in [-0.1, -0.05) is 13.8 Å². The molecule has 9 heteroatoms. The van der Waals surface area contributed by atoms with Gasteiger partial charge in [0.05, 0.1) is 28.8 Å². The summed E-state index contributed by atoms with van der Waals surface area (Å²) in [5.41, 5.74) is 1.24. The first-order valence-electron chi connectivity index (χ1n) is 7.46. The highest BCUT2D eigenvalue weighted by molar-refractivity contribution is 7.89. The second kappa shape index (κ2) is 7.74. The van der Waals surface area contributed by atoms with Crippen LogP contribution in [0, 0.1) is 11.3 Å². The summed E-state index contributed by atoms with van der Waals surface area (Å²) in [5, 5.41) is 13.7. The van der Waals surface area contributed by atoms with Crippen molar-refractivity contribution in [2.24, 2.45) is 0 Å². The van der Waals surface area contributed by atoms with Crippen molar-refractivity contribution < 1.29 is 13.2 Å². The number of nitrogens with one attached hydrogen (secondary N) is 1. The molecule has 1 amide bonds. The minimum Gasteiger partial charge on any atom is -0.301 e. The van der Waals surface area contributed by atoms with E-state index in [1.165, 1.54) is 42.6 Å². The van der Waals surface area contributed by atoms with Crippen LogP contribution in [0.25, 0.3) is 0 Å². The number of thiazole rings is 1. The van der Waals surface area contributed by atoms with Crippen molar-refractivity contribution in [2.75, 3.05) is 18.9 Å². The summed E-state index contributed by atoms with van der Waals surface area (Å²) in [5.74, 6) is -0.217. The number of rotatable bonds is 6. The molecular formula is C16H18N4O3S2. The van der Waals surface area contributed by atoms with Gasteiger partial charge in [-0.3, -0.25) is 4.79 Å². The van der Waals surface area contributed by atoms with Crippen LogP contribution in [0.3, 0.4) is 0 Å². The molecule has 1 heterocycles. The Morgan fingerprint density at radius 3 is 2.52 bits per heavy atom. The number of hydrogen-bond donors (Lipinski definition) is 1. The van der Waals surface area contributed by atoms with Gasteiger partial charge in [0.1, 0.15) is 0 Å². The average Bonchev–Trinajstić information content (AvgIpc) is 3.03. The van der Waals surface area contributed by atoms with Crippen LogP contribution >= 0.6 is 11.3 Å². The molecule has 2 aromatic rings. The Morgan fingerprint density at radius 2 is 2.00 bits per heavy atom. The monoisotopic (exact) mass is 378 g/mol. The van der Waals surface area contributed by atoms with Crippen LogP contribution in [-0.2, 0) is 14.8 Å². The van der Waals surface area contributed by atoms with Crippen LogP contribution < -0.4 is 5.32 Å². The van der Waals surface area contributed by atoms with E-state index in [1.54, 1.807) is 0 Å². The van der Waals surface area contributed by atoms with Gasteiger partial charge < -0.3 is 5.32 Å². The Labute approximate surface area is 151 Å². The zero-order valence-corrected chi connectivity index (χ0v) is 15.7. The third-order valence-electron chi connectivity index (χ3n) is 3.42. The van der Waals surface area contributed by atoms with E-state index in [-0.39, 0.29) is 17.4 Å². The van der Waals surface area contributed by atoms with Gasteiger partial charge in [0, 0.05) is 12.4 Å². The lowest BCUT2D eigenvalue weighted by molar-refractivity contribution is -0.116. The number of nitriles is 1. The molecular weight excluding hydrogens is 360 g/mol. The summed E-state index contributed by atoms with van der Waals surface area (Å²) in [6, 6.07) is 7.46. The lowest BCUT2D eigenvalue weighted by Gasteiger charge is -2.16. The molecule has 1 aromatic carbocycles. The number of carbonyl (C=O) groups is 1. The highest BCUT2D eigenvalue weighted by Crippen LogP contribution is 2.21. The Balaban J connectivity index is 2.04. The van der Waals surface area contributed by atoms with Gasteiger partial charge in [-0.15, -0.1) is 11.3 Å². The van der Waals surface area contributed by atoms with E-state index in [1.807, 2.05) is 25.3 Å². The van der Waals surface area contributed by atoms with Gasteiger partial charge in [-0.2, -0.15) is 9.57 Å². The van der Waals surface area contributed by atoms with E-state index in [0.29, 0.717) is 10.7 Å². The van der Waals surface area contributed by atoms with Crippen LogP contribution in [0.15, 0.2) is 34.5 Å². The maximum atomic E-state index is 12.5. The first-order valence-corrected chi connectivity index (χ1v) is 9.77. The summed E-state index contributed by atoms with van der Waals surface area (Å²) in [6.45, 7) is 3.66. The highest BCUT2D eigenvalue weighted by Gasteiger charge is 2.23. The van der Waals surface area contributed by atoms with Crippen LogP contribution in [0.4, 0.5) is 5.13 Å². The van der Waals surface area contributed by atoms with Gasteiger partial charge in [-0.25, -0.2) is 13.4 Å². The van der Waals surface area contributed by atoms with Crippen LogP contribution in [-0.4, -0.2) is 37.2 Å². The smallest absolute Gasteiger partial charge is 0.243 e. The highest BCUT2D eigenvalue weighted by atomic mass is 32.2. The number of nitrogens with zero attached hydrogens (tertiary/aromatic N) is 3. The Kier molecular flexibility index (Phi) is 5.89. The number of aromatic nitrogens is 1. The molecule has 132 valence electrons. The van der Waals surface area contributed by atoms with Crippen molar-refractivity contribution in [1.29, 1.82) is 5.26 Å². The van der Waals surface area contributed by atoms with Gasteiger partial charge in [0.25, 0.3) is 0 Å². The molecule has 0 saturated carbocycles. The maximum Gasteiger partial charge on any atom is 0.243 e. The third kappa shape index (κ3) is 4.63. The Bertz CT molecular complexity index is 896. The number of carbonyl (C=O) groups excluding carboxylic acids is 1. The van der Waals surface area contributed by atoms with Crippen molar-refractivity contribution in [2.45, 2.75) is 24.7 Å². The van der Waals surface area contributed by atoms with Crippen LogP contribution in [0.2, 0.25) is 0 Å². The molecule has 0 atom stereocenters. The molecule has 2 rings (SSSR count). The van der Waals surface area contributed by atoms with Crippen molar-refractivity contribution in [3.8, 4) is 6.07 Å². The van der Waals surface area contributed by atoms with E-state index in [9.17, 15) is 13.2 Å². The molecule has 0 radical (unpaired) electrons. The molecule has 0 aliphatic rings. The number of benzene rings is 1. The van der Waals surface area contributed by atoms with Gasteiger partial charge in [0.15, 0.2) is 5.13 Å². The summed E-state index contributed by atoms with van der Waals surface area (Å²) in [4.78, 5) is 16.4. The molecule has 25 heavy (non-hydrogen) atoms. The topological polar surface area (TPSA) is 103 Å². The van der Waals surface area contributed by atoms with Crippen molar-refractivity contribution in [1.82, 2.24) is 9.29 Å². The molecule has 1 N–H and O–H groups in total. The van der Waals surface area contributed by atoms with E-state index < -0.39 is 15.9 Å². The first-order chi connectivity index (χ1) is 11.7. The fourth-order valence-electron chi connectivity index (χ4n) is 1.94. The minimum atomic E-state index is -3.81. The fraction of sp³-hybridized carbons (Fsp3) is 0.312. The number of likely N-dealkylation sites (N-methyl/N-ethyl adjacent to an activating group) is 1. The molecule has 0 saturated heterocycles. The SMILES string of the molecule is CC(C)c1csc(NC(=O)CN(C)S(=O)(=O)c2ccc(C#N)cc2)n1. The zero-order chi connectivity index (χ0) is 18.6. The van der Waals surface area contributed by atoms with E-state index in [0.717, 1.165) is 10.00 Å². The lowest BCUT2D eigenvalue weighted by atomic mass is 10.2. The number of sulfonamides is 1. The molecule has 1 aromatic heterocycles. The standard InChI is InChI=1S/C16H18N4O3S2/c1-11(2)14-10-24-16(18-14)19-15(21)9-20(3)25(22,23)13-6-4-12(8-17)5-7-13/h4-7,10-11H,9H2,1-3H3,(H,18,19,21). The second-order valence-electron chi connectivity index (χ2n) is 5.68. The predicted octanol–water partition coefficient (Wildman–Crippen LogP) is 2.40. The normalized spacial score (nSPS) is 11.5. The quantitative estimate of drug-likeness (QED) is 0.831.